The molecule has 0 aromatic carbocycles. The second kappa shape index (κ2) is 5.89. The molecule has 2 aliphatic heterocycles. The first-order valence-electron chi connectivity index (χ1n) is 7.59. The van der Waals surface area contributed by atoms with Crippen LogP contribution in [0.15, 0.2) is 0 Å². The summed E-state index contributed by atoms with van der Waals surface area (Å²) in [5.74, 6) is 0.714. The van der Waals surface area contributed by atoms with E-state index >= 15 is 0 Å². The zero-order chi connectivity index (χ0) is 13.2. The van der Waals surface area contributed by atoms with Gasteiger partial charge in [-0.1, -0.05) is 13.8 Å². The summed E-state index contributed by atoms with van der Waals surface area (Å²) >= 11 is 0. The van der Waals surface area contributed by atoms with Crippen LogP contribution in [0.4, 0.5) is 0 Å². The van der Waals surface area contributed by atoms with Crippen LogP contribution in [0.3, 0.4) is 0 Å². The van der Waals surface area contributed by atoms with Crippen molar-refractivity contribution in [2.75, 3.05) is 26.2 Å². The summed E-state index contributed by atoms with van der Waals surface area (Å²) in [7, 11) is 0. The quantitative estimate of drug-likeness (QED) is 0.833. The molecular formula is C15H30N2O. The smallest absolute Gasteiger partial charge is 0.0588 e. The van der Waals surface area contributed by atoms with Crippen LogP contribution >= 0.6 is 0 Å². The predicted molar refractivity (Wildman–Crippen MR) is 75.9 cm³/mol. The maximum absolute atomic E-state index is 5.74. The van der Waals surface area contributed by atoms with Gasteiger partial charge in [-0.3, -0.25) is 4.90 Å². The Morgan fingerprint density at radius 1 is 1.39 bits per heavy atom. The number of nitrogens with one attached hydrogen (secondary N) is 1. The average Bonchev–Trinajstić information content (AvgIpc) is 2.79. The fourth-order valence-electron chi connectivity index (χ4n) is 3.05. The molecule has 0 bridgehead atoms. The van der Waals surface area contributed by atoms with Crippen molar-refractivity contribution in [2.45, 2.75) is 64.6 Å². The molecule has 1 N–H and O–H groups in total. The molecule has 2 unspecified atom stereocenters. The Morgan fingerprint density at radius 2 is 2.17 bits per heavy atom. The van der Waals surface area contributed by atoms with Crippen molar-refractivity contribution in [3.63, 3.8) is 0 Å². The number of rotatable bonds is 4. The van der Waals surface area contributed by atoms with E-state index in [0.717, 1.165) is 13.2 Å². The van der Waals surface area contributed by atoms with Crippen molar-refractivity contribution >= 4 is 0 Å². The summed E-state index contributed by atoms with van der Waals surface area (Å²) in [6, 6.07) is 0.641. The first-order chi connectivity index (χ1) is 8.49. The van der Waals surface area contributed by atoms with Gasteiger partial charge in [0.05, 0.1) is 6.10 Å². The van der Waals surface area contributed by atoms with Crippen molar-refractivity contribution in [3.05, 3.63) is 0 Å². The molecule has 3 heteroatoms. The van der Waals surface area contributed by atoms with Gasteiger partial charge in [0.25, 0.3) is 0 Å². The van der Waals surface area contributed by atoms with Gasteiger partial charge in [-0.2, -0.15) is 0 Å². The van der Waals surface area contributed by atoms with Crippen LogP contribution in [0.25, 0.3) is 0 Å². The van der Waals surface area contributed by atoms with E-state index < -0.39 is 0 Å². The zero-order valence-electron chi connectivity index (χ0n) is 12.5. The van der Waals surface area contributed by atoms with Crippen LogP contribution in [0, 0.1) is 5.92 Å². The highest BCUT2D eigenvalue weighted by molar-refractivity contribution is 4.94. The third-order valence-corrected chi connectivity index (χ3v) is 4.62. The fourth-order valence-corrected chi connectivity index (χ4v) is 3.05. The Kier molecular flexibility index (Phi) is 4.68. The molecule has 0 aliphatic carbocycles. The number of ether oxygens (including phenoxy) is 1. The van der Waals surface area contributed by atoms with Crippen molar-refractivity contribution in [1.82, 2.24) is 10.2 Å². The van der Waals surface area contributed by atoms with Crippen molar-refractivity contribution < 1.29 is 4.74 Å². The van der Waals surface area contributed by atoms with E-state index in [-0.39, 0.29) is 5.54 Å². The van der Waals surface area contributed by atoms with E-state index in [4.69, 9.17) is 4.74 Å². The third-order valence-electron chi connectivity index (χ3n) is 4.62. The van der Waals surface area contributed by atoms with Gasteiger partial charge in [0.2, 0.25) is 0 Å². The molecule has 0 aromatic rings. The molecule has 0 radical (unpaired) electrons. The monoisotopic (exact) mass is 254 g/mol. The molecule has 2 heterocycles. The van der Waals surface area contributed by atoms with E-state index in [1.165, 1.54) is 32.4 Å². The summed E-state index contributed by atoms with van der Waals surface area (Å²) in [5, 5.41) is 3.69. The molecule has 18 heavy (non-hydrogen) atoms. The lowest BCUT2D eigenvalue weighted by molar-refractivity contribution is 0.0318. The molecule has 0 aromatic heterocycles. The minimum atomic E-state index is 0.282. The Bertz CT molecular complexity index is 259. The normalized spacial score (nSPS) is 33.2. The highest BCUT2D eigenvalue weighted by atomic mass is 16.5. The molecular weight excluding hydrogens is 224 g/mol. The van der Waals surface area contributed by atoms with Gasteiger partial charge in [-0.25, -0.2) is 0 Å². The lowest BCUT2D eigenvalue weighted by Crippen LogP contribution is -2.63. The van der Waals surface area contributed by atoms with Gasteiger partial charge >= 0.3 is 0 Å². The second-order valence-corrected chi connectivity index (χ2v) is 6.91. The second-order valence-electron chi connectivity index (χ2n) is 6.91. The first-order valence-corrected chi connectivity index (χ1v) is 7.59. The highest BCUT2D eigenvalue weighted by Gasteiger charge is 2.35. The fraction of sp³-hybridized carbons (Fsp3) is 1.00. The third kappa shape index (κ3) is 3.46. The summed E-state index contributed by atoms with van der Waals surface area (Å²) in [5.41, 5.74) is 0.282. The Morgan fingerprint density at radius 3 is 2.78 bits per heavy atom. The number of piperazine rings is 1. The van der Waals surface area contributed by atoms with E-state index in [9.17, 15) is 0 Å². The molecule has 2 atom stereocenters. The minimum absolute atomic E-state index is 0.282. The molecule has 0 spiro atoms. The van der Waals surface area contributed by atoms with Gasteiger partial charge in [0, 0.05) is 37.8 Å². The first kappa shape index (κ1) is 14.3. The van der Waals surface area contributed by atoms with E-state index in [1.807, 2.05) is 0 Å². The Balaban J connectivity index is 1.85. The van der Waals surface area contributed by atoms with Crippen LogP contribution < -0.4 is 5.32 Å². The van der Waals surface area contributed by atoms with Crippen molar-refractivity contribution in [1.29, 1.82) is 0 Å². The van der Waals surface area contributed by atoms with Gasteiger partial charge in [0.1, 0.15) is 0 Å². The molecule has 2 saturated heterocycles. The molecule has 0 amide bonds. The van der Waals surface area contributed by atoms with Crippen molar-refractivity contribution in [2.24, 2.45) is 5.92 Å². The van der Waals surface area contributed by atoms with Crippen molar-refractivity contribution in [3.8, 4) is 0 Å². The van der Waals surface area contributed by atoms with Gasteiger partial charge < -0.3 is 10.1 Å². The van der Waals surface area contributed by atoms with Crippen LogP contribution in [0.1, 0.15) is 47.0 Å². The summed E-state index contributed by atoms with van der Waals surface area (Å²) < 4.78 is 5.74. The van der Waals surface area contributed by atoms with Crippen LogP contribution in [0.5, 0.6) is 0 Å². The number of hydrogen-bond donors (Lipinski definition) is 1. The predicted octanol–water partition coefficient (Wildman–Crippen LogP) is 2.26. The van der Waals surface area contributed by atoms with Gasteiger partial charge in [0.15, 0.2) is 0 Å². The number of hydrogen-bond acceptors (Lipinski definition) is 3. The van der Waals surface area contributed by atoms with Crippen LogP contribution in [0.2, 0.25) is 0 Å². The van der Waals surface area contributed by atoms with Gasteiger partial charge in [-0.05, 0) is 39.0 Å². The zero-order valence-corrected chi connectivity index (χ0v) is 12.5. The summed E-state index contributed by atoms with van der Waals surface area (Å²) in [6.07, 6.45) is 4.24. The molecule has 2 aliphatic rings. The molecule has 3 nitrogen and oxygen atoms in total. The van der Waals surface area contributed by atoms with Crippen LogP contribution in [-0.2, 0) is 4.74 Å². The van der Waals surface area contributed by atoms with E-state index in [1.54, 1.807) is 0 Å². The molecule has 106 valence electrons. The Labute approximate surface area is 112 Å². The topological polar surface area (TPSA) is 24.5 Å². The standard InChI is InChI=1S/C15H30N2O/c1-12(2)14-10-17(15(3,4)11-16-14)8-7-13-6-5-9-18-13/h12-14,16H,5-11H2,1-4H3. The van der Waals surface area contributed by atoms with Crippen LogP contribution in [-0.4, -0.2) is 48.8 Å². The average molecular weight is 254 g/mol. The maximum atomic E-state index is 5.74. The van der Waals surface area contributed by atoms with E-state index in [0.29, 0.717) is 18.1 Å². The lowest BCUT2D eigenvalue weighted by Gasteiger charge is -2.47. The van der Waals surface area contributed by atoms with Gasteiger partial charge in [-0.15, -0.1) is 0 Å². The largest absolute Gasteiger partial charge is 0.378 e. The molecule has 2 rings (SSSR count). The number of nitrogens with zero attached hydrogens (tertiary/aromatic N) is 1. The molecule has 0 saturated carbocycles. The minimum Gasteiger partial charge on any atom is -0.378 e. The SMILES string of the molecule is CC(C)C1CN(CCC2CCCO2)C(C)(C)CN1. The maximum Gasteiger partial charge on any atom is 0.0588 e. The van der Waals surface area contributed by atoms with E-state index in [2.05, 4.69) is 37.9 Å². The lowest BCUT2D eigenvalue weighted by atomic mass is 9.92. The summed E-state index contributed by atoms with van der Waals surface area (Å²) in [6.45, 7) is 13.8. The summed E-state index contributed by atoms with van der Waals surface area (Å²) in [4.78, 5) is 2.66. The molecule has 2 fully saturated rings. The Hall–Kier alpha value is -0.120. The highest BCUT2D eigenvalue weighted by Crippen LogP contribution is 2.23.